The molecule has 0 bridgehead atoms. The number of hydrogen-bond acceptors (Lipinski definition) is 3. The van der Waals surface area contributed by atoms with Gasteiger partial charge in [-0.15, -0.1) is 0 Å². The Balaban J connectivity index is 2.93. The fourth-order valence-electron chi connectivity index (χ4n) is 2.01. The summed E-state index contributed by atoms with van der Waals surface area (Å²) >= 11 is -0.891. The third kappa shape index (κ3) is 3.89. The van der Waals surface area contributed by atoms with Crippen LogP contribution in [0.15, 0.2) is 12.1 Å². The van der Waals surface area contributed by atoms with Crippen LogP contribution in [0.4, 0.5) is 4.79 Å². The number of carboxylic acids is 1. The van der Waals surface area contributed by atoms with Crippen molar-refractivity contribution in [3.8, 4) is 0 Å². The van der Waals surface area contributed by atoms with Crippen LogP contribution < -0.4 is 4.35 Å². The Morgan fingerprint density at radius 1 is 1.22 bits per heavy atom. The van der Waals surface area contributed by atoms with Gasteiger partial charge in [0, 0.05) is 0 Å². The monoisotopic (exact) mass is 328 g/mol. The van der Waals surface area contributed by atoms with E-state index in [-0.39, 0.29) is 9.66 Å². The molecule has 1 aromatic rings. The van der Waals surface area contributed by atoms with Gasteiger partial charge in [0.2, 0.25) is 0 Å². The van der Waals surface area contributed by atoms with E-state index < -0.39 is 20.6 Å². The van der Waals surface area contributed by atoms with Crippen LogP contribution in [0.2, 0.25) is 5.71 Å². The predicted octanol–water partition coefficient (Wildman–Crippen LogP) is 2.46. The summed E-state index contributed by atoms with van der Waals surface area (Å²) in [6, 6.07) is 4.17. The molecule has 0 radical (unpaired) electrons. The van der Waals surface area contributed by atoms with Crippen LogP contribution in [0.1, 0.15) is 16.7 Å². The zero-order valence-corrected chi connectivity index (χ0v) is 13.7. The molecule has 0 aromatic heterocycles. The number of aryl methyl sites for hydroxylation is 3. The fraction of sp³-hybridized carbons (Fsp3) is 0.385. The zero-order chi connectivity index (χ0) is 13.9. The Morgan fingerprint density at radius 3 is 2.17 bits per heavy atom. The van der Waals surface area contributed by atoms with Crippen molar-refractivity contribution in [3.63, 3.8) is 0 Å². The number of carboxylic acid groups (broad SMARTS) is 1. The number of carbonyl (C=O) groups is 2. The number of thioether (sulfide) groups is 1. The van der Waals surface area contributed by atoms with E-state index in [1.165, 1.54) is 5.56 Å². The molecule has 1 atom stereocenters. The van der Waals surface area contributed by atoms with E-state index in [1.807, 2.05) is 26.5 Å². The molecular formula is C13H17AsO3S. The van der Waals surface area contributed by atoms with E-state index in [2.05, 4.69) is 12.1 Å². The van der Waals surface area contributed by atoms with Gasteiger partial charge in [0.1, 0.15) is 0 Å². The molecule has 1 unspecified atom stereocenters. The van der Waals surface area contributed by atoms with Gasteiger partial charge in [0.25, 0.3) is 0 Å². The number of carbonyl (C=O) groups excluding carboxylic acids is 1. The van der Waals surface area contributed by atoms with E-state index in [9.17, 15) is 9.59 Å². The Kier molecular flexibility index (Phi) is 5.48. The molecule has 0 aliphatic carbocycles. The topological polar surface area (TPSA) is 54.4 Å². The van der Waals surface area contributed by atoms with E-state index >= 15 is 0 Å². The van der Waals surface area contributed by atoms with Crippen molar-refractivity contribution in [1.29, 1.82) is 0 Å². The number of rotatable bonds is 4. The minimum atomic E-state index is -1.83. The van der Waals surface area contributed by atoms with Crippen LogP contribution in [0.25, 0.3) is 0 Å². The van der Waals surface area contributed by atoms with Crippen molar-refractivity contribution in [3.05, 3.63) is 28.8 Å². The van der Waals surface area contributed by atoms with E-state index in [1.54, 1.807) is 0 Å². The first kappa shape index (κ1) is 15.3. The molecule has 0 spiro atoms. The van der Waals surface area contributed by atoms with Crippen molar-refractivity contribution in [2.24, 2.45) is 0 Å². The van der Waals surface area contributed by atoms with Gasteiger partial charge >= 0.3 is 116 Å². The molecule has 0 aliphatic rings. The quantitative estimate of drug-likeness (QED) is 0.863. The average Bonchev–Trinajstić information content (AvgIpc) is 2.24. The molecule has 18 heavy (non-hydrogen) atoms. The summed E-state index contributed by atoms with van der Waals surface area (Å²) in [5.74, 6) is -1.07. The van der Waals surface area contributed by atoms with Gasteiger partial charge in [0.05, 0.1) is 0 Å². The van der Waals surface area contributed by atoms with Gasteiger partial charge in [-0.05, 0) is 0 Å². The summed E-state index contributed by atoms with van der Waals surface area (Å²) in [4.78, 5) is 22.5. The maximum absolute atomic E-state index is 12.0. The summed E-state index contributed by atoms with van der Waals surface area (Å²) in [6.45, 7) is 6.09. The van der Waals surface area contributed by atoms with Crippen molar-refractivity contribution in [2.45, 2.75) is 26.5 Å². The van der Waals surface area contributed by atoms with Gasteiger partial charge in [-0.2, -0.15) is 0 Å². The molecule has 0 fully saturated rings. The average molecular weight is 328 g/mol. The van der Waals surface area contributed by atoms with Crippen LogP contribution in [0.3, 0.4) is 0 Å². The third-order valence-corrected chi connectivity index (χ3v) is 9.47. The standard InChI is InChI=1S/C13H17AsO3S/c1-8-5-9(2)12(10(3)6-8)14(4)13(17)18-7-11(15)16/h5-6H,7H2,1-4H3,(H,15,16). The van der Waals surface area contributed by atoms with Crippen LogP contribution in [-0.2, 0) is 4.79 Å². The molecule has 1 N–H and O–H groups in total. The van der Waals surface area contributed by atoms with Gasteiger partial charge < -0.3 is 0 Å². The molecule has 0 saturated carbocycles. The van der Waals surface area contributed by atoms with Crippen molar-refractivity contribution in [1.82, 2.24) is 0 Å². The van der Waals surface area contributed by atoms with E-state index in [0.717, 1.165) is 27.2 Å². The van der Waals surface area contributed by atoms with Gasteiger partial charge in [-0.3, -0.25) is 0 Å². The Morgan fingerprint density at radius 2 is 1.72 bits per heavy atom. The van der Waals surface area contributed by atoms with Gasteiger partial charge in [-0.25, -0.2) is 0 Å². The zero-order valence-electron chi connectivity index (χ0n) is 11.0. The Labute approximate surface area is 116 Å². The van der Waals surface area contributed by atoms with Crippen molar-refractivity contribution < 1.29 is 14.7 Å². The van der Waals surface area contributed by atoms with Crippen LogP contribution >= 0.6 is 11.8 Å². The molecule has 3 nitrogen and oxygen atoms in total. The predicted molar refractivity (Wildman–Crippen MR) is 77.4 cm³/mol. The molecular weight excluding hydrogens is 311 g/mol. The molecule has 1 aromatic carbocycles. The van der Waals surface area contributed by atoms with Crippen LogP contribution in [0, 0.1) is 20.8 Å². The van der Waals surface area contributed by atoms with E-state index in [4.69, 9.17) is 5.11 Å². The molecule has 0 aliphatic heterocycles. The molecule has 1 rings (SSSR count). The summed E-state index contributed by atoms with van der Waals surface area (Å²) in [5.41, 5.74) is 5.48. The fourth-order valence-corrected chi connectivity index (χ4v) is 7.43. The molecule has 98 valence electrons. The van der Waals surface area contributed by atoms with Crippen molar-refractivity contribution in [2.75, 3.05) is 5.75 Å². The molecule has 0 amide bonds. The van der Waals surface area contributed by atoms with Gasteiger partial charge in [0.15, 0.2) is 0 Å². The second-order valence-electron chi connectivity index (χ2n) is 4.25. The number of hydrogen-bond donors (Lipinski definition) is 1. The number of aliphatic carboxylic acids is 1. The van der Waals surface area contributed by atoms with E-state index in [0.29, 0.717) is 0 Å². The summed E-state index contributed by atoms with van der Waals surface area (Å²) in [5, 5.41) is 8.60. The van der Waals surface area contributed by atoms with Crippen LogP contribution in [-0.4, -0.2) is 35.4 Å². The van der Waals surface area contributed by atoms with Gasteiger partial charge in [-0.1, -0.05) is 0 Å². The molecule has 0 heterocycles. The Hall–Kier alpha value is -0.732. The maximum atomic E-state index is 12.0. The Bertz CT molecular complexity index is 462. The molecule has 0 saturated heterocycles. The first-order chi connectivity index (χ1) is 8.32. The third-order valence-electron chi connectivity index (χ3n) is 2.56. The van der Waals surface area contributed by atoms with Crippen LogP contribution in [0.5, 0.6) is 0 Å². The minimum absolute atomic E-state index is 0.0555. The second-order valence-corrected chi connectivity index (χ2v) is 10.00. The normalized spacial score (nSPS) is 12.2. The van der Waals surface area contributed by atoms with Crippen molar-refractivity contribution >= 4 is 40.6 Å². The first-order valence-corrected chi connectivity index (χ1v) is 10.3. The summed E-state index contributed by atoms with van der Waals surface area (Å²) in [7, 11) is 0. The molecule has 5 heteroatoms. The second kappa shape index (κ2) is 6.44. The first-order valence-electron chi connectivity index (χ1n) is 5.53. The summed E-state index contributed by atoms with van der Waals surface area (Å²) < 4.78 is 1.22. The number of benzene rings is 1. The summed E-state index contributed by atoms with van der Waals surface area (Å²) in [6.07, 6.45) is 0. The SMILES string of the molecule is Cc1cc(C)c([As](C)C(=O)SCC(=O)O)c(C)c1.